The number of aromatic nitrogens is 3. The molecule has 1 fully saturated rings. The number of pyridine rings is 2. The second kappa shape index (κ2) is 7.19. The molecule has 1 aliphatic rings. The number of aryl methyl sites for hydroxylation is 1. The van der Waals surface area contributed by atoms with Crippen molar-refractivity contribution in [3.8, 4) is 11.3 Å². The Labute approximate surface area is 171 Å². The van der Waals surface area contributed by atoms with Crippen molar-refractivity contribution in [1.29, 1.82) is 0 Å². The maximum absolute atomic E-state index is 13.0. The Morgan fingerprint density at radius 2 is 1.90 bits per heavy atom. The molecule has 0 saturated carbocycles. The van der Waals surface area contributed by atoms with Crippen LogP contribution in [0.4, 0.5) is 0 Å². The Bertz CT molecular complexity index is 1260. The first kappa shape index (κ1) is 20.0. The second-order valence-electron chi connectivity index (χ2n) is 7.36. The van der Waals surface area contributed by atoms with Crippen LogP contribution >= 0.6 is 0 Å². The van der Waals surface area contributed by atoms with Crippen LogP contribution in [0.25, 0.3) is 22.3 Å². The van der Waals surface area contributed by atoms with Gasteiger partial charge in [0.2, 0.25) is 10.0 Å². The molecule has 156 valence electrons. The van der Waals surface area contributed by atoms with Crippen LogP contribution in [0.15, 0.2) is 41.6 Å². The minimum atomic E-state index is -3.76. The molecular weight excluding hydrogens is 412 g/mol. The second-order valence-corrected chi connectivity index (χ2v) is 11.7. The molecule has 0 unspecified atom stereocenters. The lowest BCUT2D eigenvalue weighted by Crippen LogP contribution is -2.42. The summed E-state index contributed by atoms with van der Waals surface area (Å²) < 4.78 is 50.5. The van der Waals surface area contributed by atoms with Crippen molar-refractivity contribution in [3.63, 3.8) is 0 Å². The smallest absolute Gasteiger partial charge is 0.244 e. The van der Waals surface area contributed by atoms with Gasteiger partial charge in [0.1, 0.15) is 20.4 Å². The molecule has 0 spiro atoms. The summed E-state index contributed by atoms with van der Waals surface area (Å²) in [6.07, 6.45) is 3.66. The van der Waals surface area contributed by atoms with Gasteiger partial charge in [-0.2, -0.15) is 4.31 Å². The van der Waals surface area contributed by atoms with Gasteiger partial charge in [-0.25, -0.2) is 21.8 Å². The maximum atomic E-state index is 13.0. The summed E-state index contributed by atoms with van der Waals surface area (Å²) in [5.41, 5.74) is 3.26. The Kier molecular flexibility index (Phi) is 4.96. The van der Waals surface area contributed by atoms with E-state index in [-0.39, 0.29) is 23.9 Å². The zero-order valence-corrected chi connectivity index (χ0v) is 17.8. The van der Waals surface area contributed by atoms with Gasteiger partial charge in [-0.1, -0.05) is 0 Å². The van der Waals surface area contributed by atoms with Gasteiger partial charge < -0.3 is 4.98 Å². The predicted octanol–water partition coefficient (Wildman–Crippen LogP) is 2.38. The molecule has 3 aromatic heterocycles. The number of aromatic amines is 1. The molecule has 4 heterocycles. The van der Waals surface area contributed by atoms with E-state index in [1.54, 1.807) is 18.3 Å². The standard InChI is InChI=1S/C19H22N4O4S2.H2/c1-13-11-17-16(5-8-20-19(17)22-13)18-4-3-15(12-21-18)29(26,27)23(2)14-6-9-28(24,25)10-7-14;/h3-5,8,11-12,14H,6-7,9-10H2,1-2H3,(H,20,22);1H. The highest BCUT2D eigenvalue weighted by molar-refractivity contribution is 7.91. The number of sulfone groups is 1. The molecule has 10 heteroatoms. The fraction of sp³-hybridized carbons (Fsp3) is 0.368. The Morgan fingerprint density at radius 3 is 2.55 bits per heavy atom. The Balaban J connectivity index is 0.00000256. The van der Waals surface area contributed by atoms with Gasteiger partial charge in [-0.3, -0.25) is 4.98 Å². The van der Waals surface area contributed by atoms with Crippen LogP contribution in [0.1, 0.15) is 20.0 Å². The van der Waals surface area contributed by atoms with Crippen molar-refractivity contribution in [2.24, 2.45) is 0 Å². The quantitative estimate of drug-likeness (QED) is 0.672. The van der Waals surface area contributed by atoms with E-state index in [4.69, 9.17) is 0 Å². The molecule has 4 rings (SSSR count). The molecular formula is C19H24N4O4S2. The van der Waals surface area contributed by atoms with Crippen molar-refractivity contribution in [3.05, 3.63) is 42.4 Å². The topological polar surface area (TPSA) is 113 Å². The molecule has 0 bridgehead atoms. The molecule has 1 saturated heterocycles. The van der Waals surface area contributed by atoms with Crippen LogP contribution in [0.2, 0.25) is 0 Å². The highest BCUT2D eigenvalue weighted by Crippen LogP contribution is 2.28. The molecule has 1 aliphatic heterocycles. The van der Waals surface area contributed by atoms with E-state index in [9.17, 15) is 16.8 Å². The van der Waals surface area contributed by atoms with Crippen LogP contribution < -0.4 is 0 Å². The van der Waals surface area contributed by atoms with Gasteiger partial charge in [-0.05, 0) is 44.0 Å². The highest BCUT2D eigenvalue weighted by Gasteiger charge is 2.33. The average Bonchev–Trinajstić information content (AvgIpc) is 3.07. The molecule has 1 N–H and O–H groups in total. The van der Waals surface area contributed by atoms with E-state index in [0.29, 0.717) is 18.5 Å². The summed E-state index contributed by atoms with van der Waals surface area (Å²) in [5, 5.41) is 0.925. The molecule has 0 radical (unpaired) electrons. The van der Waals surface area contributed by atoms with Gasteiger partial charge in [0.15, 0.2) is 0 Å². The van der Waals surface area contributed by atoms with Gasteiger partial charge in [0.05, 0.1) is 17.2 Å². The van der Waals surface area contributed by atoms with Gasteiger partial charge in [0, 0.05) is 43.6 Å². The predicted molar refractivity (Wildman–Crippen MR) is 113 cm³/mol. The molecule has 29 heavy (non-hydrogen) atoms. The number of hydrogen-bond donors (Lipinski definition) is 1. The van der Waals surface area contributed by atoms with E-state index in [1.807, 2.05) is 19.1 Å². The van der Waals surface area contributed by atoms with Crippen LogP contribution in [0, 0.1) is 6.92 Å². The first-order chi connectivity index (χ1) is 13.7. The minimum absolute atomic E-state index is 0. The monoisotopic (exact) mass is 436 g/mol. The van der Waals surface area contributed by atoms with Crippen LogP contribution in [0.3, 0.4) is 0 Å². The zero-order valence-electron chi connectivity index (χ0n) is 16.2. The molecule has 0 aromatic carbocycles. The maximum Gasteiger partial charge on any atom is 0.244 e. The van der Waals surface area contributed by atoms with Crippen LogP contribution in [0.5, 0.6) is 0 Å². The number of nitrogens with one attached hydrogen (secondary N) is 1. The van der Waals surface area contributed by atoms with Crippen LogP contribution in [-0.2, 0) is 19.9 Å². The number of rotatable bonds is 4. The van der Waals surface area contributed by atoms with Gasteiger partial charge >= 0.3 is 0 Å². The zero-order chi connectivity index (χ0) is 20.8. The van der Waals surface area contributed by atoms with Crippen molar-refractivity contribution >= 4 is 30.9 Å². The van der Waals surface area contributed by atoms with E-state index >= 15 is 0 Å². The first-order valence-electron chi connectivity index (χ1n) is 9.26. The van der Waals surface area contributed by atoms with E-state index in [0.717, 1.165) is 22.3 Å². The lowest BCUT2D eigenvalue weighted by molar-refractivity contribution is 0.342. The largest absolute Gasteiger partial charge is 0.344 e. The highest BCUT2D eigenvalue weighted by atomic mass is 32.2. The molecule has 0 atom stereocenters. The number of sulfonamides is 1. The van der Waals surface area contributed by atoms with E-state index < -0.39 is 19.9 Å². The lowest BCUT2D eigenvalue weighted by atomic mass is 10.1. The van der Waals surface area contributed by atoms with Crippen molar-refractivity contribution in [2.75, 3.05) is 18.6 Å². The minimum Gasteiger partial charge on any atom is -0.344 e. The van der Waals surface area contributed by atoms with Crippen molar-refractivity contribution in [2.45, 2.75) is 30.7 Å². The summed E-state index contributed by atoms with van der Waals surface area (Å²) in [4.78, 5) is 12.0. The normalized spacial score (nSPS) is 17.8. The summed E-state index contributed by atoms with van der Waals surface area (Å²) in [6.45, 7) is 1.95. The summed E-state index contributed by atoms with van der Waals surface area (Å²) in [7, 11) is -5.31. The van der Waals surface area contributed by atoms with Crippen LogP contribution in [-0.4, -0.2) is 60.7 Å². The number of fused-ring (bicyclic) bond motifs is 1. The Hall–Kier alpha value is -2.30. The summed E-state index contributed by atoms with van der Waals surface area (Å²) in [6, 6.07) is 6.73. The number of hydrogen-bond acceptors (Lipinski definition) is 6. The van der Waals surface area contributed by atoms with Gasteiger partial charge in [-0.15, -0.1) is 0 Å². The number of nitrogens with zero attached hydrogens (tertiary/aromatic N) is 3. The molecule has 8 nitrogen and oxygen atoms in total. The third-order valence-electron chi connectivity index (χ3n) is 5.39. The average molecular weight is 437 g/mol. The fourth-order valence-corrected chi connectivity index (χ4v) is 6.51. The van der Waals surface area contributed by atoms with Gasteiger partial charge in [0.25, 0.3) is 0 Å². The Morgan fingerprint density at radius 1 is 1.17 bits per heavy atom. The fourth-order valence-electron chi connectivity index (χ4n) is 3.68. The van der Waals surface area contributed by atoms with Crippen molar-refractivity contribution < 1.29 is 18.3 Å². The lowest BCUT2D eigenvalue weighted by Gasteiger charge is -2.30. The summed E-state index contributed by atoms with van der Waals surface area (Å²) in [5.74, 6) is 0.0334. The third-order valence-corrected chi connectivity index (χ3v) is 9.00. The SMILES string of the molecule is Cc1cc2c(-c3ccc(S(=O)(=O)N(C)C4CCS(=O)(=O)CC4)cn3)ccnc2[nH]1.[HH]. The van der Waals surface area contributed by atoms with E-state index in [1.165, 1.54) is 17.5 Å². The third kappa shape index (κ3) is 3.79. The molecule has 0 amide bonds. The number of H-pyrrole nitrogens is 1. The summed E-state index contributed by atoms with van der Waals surface area (Å²) >= 11 is 0. The molecule has 0 aliphatic carbocycles. The first-order valence-corrected chi connectivity index (χ1v) is 12.5. The molecule has 3 aromatic rings. The van der Waals surface area contributed by atoms with E-state index in [2.05, 4.69) is 15.0 Å². The van der Waals surface area contributed by atoms with Crippen molar-refractivity contribution in [1.82, 2.24) is 19.3 Å².